The zero-order chi connectivity index (χ0) is 11.4. The van der Waals surface area contributed by atoms with Gasteiger partial charge in [0.2, 0.25) is 5.01 Å². The van der Waals surface area contributed by atoms with Crippen LogP contribution in [0.15, 0.2) is 15.0 Å². The lowest BCUT2D eigenvalue weighted by Crippen LogP contribution is -2.03. The summed E-state index contributed by atoms with van der Waals surface area (Å²) in [5, 5.41) is 7.87. The van der Waals surface area contributed by atoms with Crippen LogP contribution in [0.5, 0.6) is 0 Å². The van der Waals surface area contributed by atoms with Crippen molar-refractivity contribution in [1.29, 1.82) is 0 Å². The topological polar surface area (TPSA) is 77.9 Å². The van der Waals surface area contributed by atoms with Crippen LogP contribution in [0.1, 0.15) is 16.7 Å². The predicted molar refractivity (Wildman–Crippen MR) is 59.9 cm³/mol. The van der Waals surface area contributed by atoms with Gasteiger partial charge < -0.3 is 4.74 Å². The number of aromatic nitrogens is 4. The summed E-state index contributed by atoms with van der Waals surface area (Å²) in [4.78, 5) is 15.3. The van der Waals surface area contributed by atoms with Gasteiger partial charge in [-0.1, -0.05) is 11.3 Å². The number of carbonyl (C=O) groups is 1. The van der Waals surface area contributed by atoms with E-state index in [-0.39, 0.29) is 5.01 Å². The molecule has 2 aromatic heterocycles. The van der Waals surface area contributed by atoms with Gasteiger partial charge in [-0.2, -0.15) is 4.37 Å². The van der Waals surface area contributed by atoms with E-state index in [4.69, 9.17) is 4.74 Å². The van der Waals surface area contributed by atoms with Crippen LogP contribution in [-0.2, 0) is 4.74 Å². The minimum absolute atomic E-state index is 0.258. The van der Waals surface area contributed by atoms with Crippen LogP contribution in [-0.4, -0.2) is 32.1 Å². The Bertz CT molecular complexity index is 470. The van der Waals surface area contributed by atoms with Gasteiger partial charge in [0.25, 0.3) is 0 Å². The molecule has 0 unspecified atom stereocenters. The number of ether oxygens (including phenoxy) is 1. The highest BCUT2D eigenvalue weighted by Gasteiger charge is 2.15. The lowest BCUT2D eigenvalue weighted by Gasteiger charge is -1.94. The monoisotopic (exact) mass is 274 g/mol. The molecule has 16 heavy (non-hydrogen) atoms. The summed E-state index contributed by atoms with van der Waals surface area (Å²) >= 11 is 3.79. The highest BCUT2D eigenvalue weighted by molar-refractivity contribution is 8.02. The third-order valence-electron chi connectivity index (χ3n) is 1.37. The maximum absolute atomic E-state index is 11.3. The smallest absolute Gasteiger partial charge is 0.369 e. The Morgan fingerprint density at radius 2 is 2.38 bits per heavy atom. The van der Waals surface area contributed by atoms with Gasteiger partial charge in [-0.25, -0.2) is 9.78 Å². The first-order valence-electron chi connectivity index (χ1n) is 4.24. The fourth-order valence-corrected chi connectivity index (χ4v) is 3.20. The van der Waals surface area contributed by atoms with Gasteiger partial charge in [0.1, 0.15) is 6.33 Å². The molecule has 0 saturated carbocycles. The lowest BCUT2D eigenvalue weighted by atomic mass is 10.7. The molecule has 0 saturated heterocycles. The van der Waals surface area contributed by atoms with Crippen LogP contribution in [0.4, 0.5) is 0 Å². The number of hydrogen-bond acceptors (Lipinski definition) is 9. The average molecular weight is 274 g/mol. The zero-order valence-electron chi connectivity index (χ0n) is 8.11. The largest absolute Gasteiger partial charge is 0.461 e. The molecule has 0 aliphatic carbocycles. The second kappa shape index (κ2) is 5.32. The summed E-state index contributed by atoms with van der Waals surface area (Å²) in [6.45, 7) is 2.08. The van der Waals surface area contributed by atoms with Crippen molar-refractivity contribution in [2.24, 2.45) is 0 Å². The van der Waals surface area contributed by atoms with Crippen molar-refractivity contribution in [3.8, 4) is 0 Å². The number of nitrogens with zero attached hydrogens (tertiary/aromatic N) is 4. The third-order valence-corrected chi connectivity index (χ3v) is 4.04. The molecule has 0 fully saturated rings. The van der Waals surface area contributed by atoms with E-state index in [1.165, 1.54) is 41.0 Å². The van der Waals surface area contributed by atoms with Gasteiger partial charge in [0.15, 0.2) is 8.68 Å². The average Bonchev–Trinajstić information content (AvgIpc) is 2.90. The second-order valence-corrected chi connectivity index (χ2v) is 5.65. The number of hydrogen-bond donors (Lipinski definition) is 0. The molecule has 84 valence electrons. The second-order valence-electron chi connectivity index (χ2n) is 2.40. The van der Waals surface area contributed by atoms with Crippen LogP contribution < -0.4 is 0 Å². The van der Waals surface area contributed by atoms with E-state index in [1.54, 1.807) is 6.92 Å². The van der Waals surface area contributed by atoms with Crippen LogP contribution in [0.3, 0.4) is 0 Å². The molecule has 0 N–H and O–H groups in total. The van der Waals surface area contributed by atoms with Crippen LogP contribution >= 0.6 is 34.6 Å². The SMILES string of the molecule is CCOC(=O)c1nnc(Sc2ncns2)s1. The highest BCUT2D eigenvalue weighted by atomic mass is 32.2. The van der Waals surface area contributed by atoms with E-state index in [0.29, 0.717) is 10.9 Å². The molecule has 0 aliphatic rings. The van der Waals surface area contributed by atoms with Crippen molar-refractivity contribution in [3.63, 3.8) is 0 Å². The predicted octanol–water partition coefficient (Wildman–Crippen LogP) is 1.72. The molecule has 0 radical (unpaired) electrons. The summed E-state index contributed by atoms with van der Waals surface area (Å²) in [7, 11) is 0. The van der Waals surface area contributed by atoms with E-state index >= 15 is 0 Å². The summed E-state index contributed by atoms with van der Waals surface area (Å²) in [5.41, 5.74) is 0. The maximum Gasteiger partial charge on any atom is 0.369 e. The molecule has 6 nitrogen and oxygen atoms in total. The molecule has 9 heteroatoms. The standard InChI is InChI=1S/C7H6N4O2S3/c1-2-13-5(12)4-10-11-7(14-4)15-6-8-3-9-16-6/h3H,2H2,1H3. The van der Waals surface area contributed by atoms with Gasteiger partial charge in [-0.15, -0.1) is 10.2 Å². The molecular weight excluding hydrogens is 268 g/mol. The highest BCUT2D eigenvalue weighted by Crippen LogP contribution is 2.30. The molecule has 0 amide bonds. The fourth-order valence-electron chi connectivity index (χ4n) is 0.809. The summed E-state index contributed by atoms with van der Waals surface area (Å²) in [5.74, 6) is -0.441. The Kier molecular flexibility index (Phi) is 3.80. The molecule has 0 spiro atoms. The first kappa shape index (κ1) is 11.4. The minimum atomic E-state index is -0.441. The minimum Gasteiger partial charge on any atom is -0.461 e. The molecule has 2 heterocycles. The van der Waals surface area contributed by atoms with E-state index in [0.717, 1.165) is 4.34 Å². The van der Waals surface area contributed by atoms with E-state index in [2.05, 4.69) is 19.6 Å². The van der Waals surface area contributed by atoms with Crippen molar-refractivity contribution in [1.82, 2.24) is 19.6 Å². The quantitative estimate of drug-likeness (QED) is 0.785. The molecule has 2 rings (SSSR count). The summed E-state index contributed by atoms with van der Waals surface area (Å²) < 4.78 is 10.1. The summed E-state index contributed by atoms with van der Waals surface area (Å²) in [6, 6.07) is 0. The van der Waals surface area contributed by atoms with Crippen LogP contribution in [0, 0.1) is 0 Å². The normalized spacial score (nSPS) is 10.3. The van der Waals surface area contributed by atoms with Crippen LogP contribution in [0.2, 0.25) is 0 Å². The molecule has 0 aliphatic heterocycles. The van der Waals surface area contributed by atoms with Gasteiger partial charge >= 0.3 is 5.97 Å². The van der Waals surface area contributed by atoms with Crippen molar-refractivity contribution < 1.29 is 9.53 Å². The number of carbonyl (C=O) groups excluding carboxylic acids is 1. The van der Waals surface area contributed by atoms with Gasteiger partial charge in [0.05, 0.1) is 6.61 Å². The van der Waals surface area contributed by atoms with Crippen LogP contribution in [0.25, 0.3) is 0 Å². The van der Waals surface area contributed by atoms with Crippen molar-refractivity contribution in [2.75, 3.05) is 6.61 Å². The van der Waals surface area contributed by atoms with Gasteiger partial charge in [-0.05, 0) is 30.2 Å². The Labute approximate surface area is 103 Å². The first-order valence-corrected chi connectivity index (χ1v) is 6.65. The summed E-state index contributed by atoms with van der Waals surface area (Å²) in [6.07, 6.45) is 1.47. The molecule has 2 aromatic rings. The third kappa shape index (κ3) is 2.74. The van der Waals surface area contributed by atoms with Gasteiger partial charge in [-0.3, -0.25) is 0 Å². The Morgan fingerprint density at radius 3 is 3.06 bits per heavy atom. The Morgan fingerprint density at radius 1 is 1.50 bits per heavy atom. The van der Waals surface area contributed by atoms with E-state index in [9.17, 15) is 4.79 Å². The van der Waals surface area contributed by atoms with E-state index < -0.39 is 5.97 Å². The van der Waals surface area contributed by atoms with Crippen molar-refractivity contribution >= 4 is 40.6 Å². The maximum atomic E-state index is 11.3. The molecule has 0 bridgehead atoms. The number of esters is 1. The first-order chi connectivity index (χ1) is 7.79. The fraction of sp³-hybridized carbons (Fsp3) is 0.286. The zero-order valence-corrected chi connectivity index (χ0v) is 10.6. The molecule has 0 atom stereocenters. The molecule has 0 aromatic carbocycles. The lowest BCUT2D eigenvalue weighted by molar-refractivity contribution is 0.0525. The number of rotatable bonds is 4. The molecular formula is C7H6N4O2S3. The van der Waals surface area contributed by atoms with Crippen molar-refractivity contribution in [3.05, 3.63) is 11.3 Å². The van der Waals surface area contributed by atoms with Gasteiger partial charge in [0, 0.05) is 0 Å². The van der Waals surface area contributed by atoms with Crippen molar-refractivity contribution in [2.45, 2.75) is 15.6 Å². The Hall–Kier alpha value is -1.06. The Balaban J connectivity index is 2.05. The van der Waals surface area contributed by atoms with E-state index in [1.807, 2.05) is 0 Å².